The van der Waals surface area contributed by atoms with Crippen LogP contribution in [0.1, 0.15) is 200 Å². The number of aliphatic hydroxyl groups is 1. The highest BCUT2D eigenvalue weighted by Gasteiger charge is 2.46. The summed E-state index contributed by atoms with van der Waals surface area (Å²) in [5.41, 5.74) is 13.4. The van der Waals surface area contributed by atoms with Gasteiger partial charge in [0.1, 0.15) is 45.1 Å². The van der Waals surface area contributed by atoms with Crippen molar-refractivity contribution >= 4 is 112 Å². The van der Waals surface area contributed by atoms with Gasteiger partial charge in [-0.15, -0.1) is 0 Å². The number of aromatic amines is 1. The van der Waals surface area contributed by atoms with E-state index in [1.807, 2.05) is 178 Å². The lowest BCUT2D eigenvalue weighted by atomic mass is 9.67. The lowest BCUT2D eigenvalue weighted by Gasteiger charge is -2.48. The summed E-state index contributed by atoms with van der Waals surface area (Å²) >= 11 is 6.08. The number of hydrogen-bond acceptors (Lipinski definition) is 19. The smallest absolute Gasteiger partial charge is 0.305 e. The summed E-state index contributed by atoms with van der Waals surface area (Å²) in [6.07, 6.45) is 27.1. The van der Waals surface area contributed by atoms with Crippen LogP contribution in [-0.4, -0.2) is 156 Å². The third-order valence-corrected chi connectivity index (χ3v) is 24.0. The highest BCUT2D eigenvalue weighted by molar-refractivity contribution is 6.30. The molecule has 11 aromatic rings. The zero-order valence-electron chi connectivity index (χ0n) is 82.0. The van der Waals surface area contributed by atoms with Gasteiger partial charge in [0.15, 0.2) is 17.1 Å². The molecule has 2 saturated heterocycles. The Kier molecular flexibility index (Phi) is 47.1. The number of amides is 1. The molecule has 3 unspecified atom stereocenters. The van der Waals surface area contributed by atoms with Crippen LogP contribution in [0.4, 0.5) is 11.4 Å². The van der Waals surface area contributed by atoms with Crippen molar-refractivity contribution in [2.24, 2.45) is 5.92 Å². The summed E-state index contributed by atoms with van der Waals surface area (Å²) in [5.74, 6) is 1.37. The number of methoxy groups -OCH3 is 2. The maximum Gasteiger partial charge on any atom is 0.305 e. The Labute approximate surface area is 818 Å². The van der Waals surface area contributed by atoms with Crippen molar-refractivity contribution in [3.05, 3.63) is 329 Å². The third kappa shape index (κ3) is 39.1. The molecule has 1 aliphatic carbocycles. The van der Waals surface area contributed by atoms with Crippen LogP contribution in [-0.2, 0) is 55.9 Å². The van der Waals surface area contributed by atoms with Gasteiger partial charge in [-0.1, -0.05) is 240 Å². The van der Waals surface area contributed by atoms with Crippen molar-refractivity contribution in [2.45, 2.75) is 182 Å². The predicted molar refractivity (Wildman–Crippen MR) is 559 cm³/mol. The van der Waals surface area contributed by atoms with Gasteiger partial charge in [0.05, 0.1) is 31.9 Å². The molecule has 0 bridgehead atoms. The van der Waals surface area contributed by atoms with Crippen LogP contribution >= 0.6 is 11.6 Å². The molecule has 9 aromatic carbocycles. The summed E-state index contributed by atoms with van der Waals surface area (Å²) in [7, 11) is 7.07. The fourth-order valence-electron chi connectivity index (χ4n) is 15.8. The van der Waals surface area contributed by atoms with E-state index < -0.39 is 16.7 Å². The molecule has 2 aromatic heterocycles. The Bertz CT molecular complexity index is 6020. The number of piperazine rings is 1. The number of aromatic nitrogens is 3. The first kappa shape index (κ1) is 110. The summed E-state index contributed by atoms with van der Waals surface area (Å²) in [5, 5.41) is 18.0. The number of carbonyl (C=O) groups excluding carboxylic acids is 8. The molecule has 3 fully saturated rings. The molecule has 14 rings (SSSR count). The second-order valence-electron chi connectivity index (χ2n) is 35.0. The molecule has 4 N–H and O–H groups in total. The van der Waals surface area contributed by atoms with E-state index >= 15 is 0 Å². The highest BCUT2D eigenvalue weighted by atomic mass is 35.5. The fourth-order valence-corrected chi connectivity index (χ4v) is 16.0. The average Bonchev–Trinajstić information content (AvgIpc) is 0.974. The van der Waals surface area contributed by atoms with E-state index in [-0.39, 0.29) is 89.0 Å². The molecule has 23 heteroatoms. The van der Waals surface area contributed by atoms with Crippen molar-refractivity contribution < 1.29 is 57.4 Å². The van der Waals surface area contributed by atoms with E-state index in [1.165, 1.54) is 125 Å². The number of ether oxygens (including phenoxy) is 2. The Morgan fingerprint density at radius 2 is 1.22 bits per heavy atom. The van der Waals surface area contributed by atoms with Crippen molar-refractivity contribution in [1.29, 1.82) is 0 Å². The number of allylic oxidation sites excluding steroid dienone is 2. The van der Waals surface area contributed by atoms with E-state index in [0.29, 0.717) is 55.3 Å². The molecule has 138 heavy (non-hydrogen) atoms. The number of oxazole rings is 1. The molecule has 3 aliphatic rings. The SMILES string of the molecule is C=c1[nH]c(=O)/c(=C\c2ccc(OC)c(C)c2)c(=O)n1-c1ccccc1.CC(=O)/C=C/C(=O)Cc1ccc(/C=C/c2ccccc2)cc1.CC(=O)CCC(=O)Nc1ccc(-c2nc3ccccc3o2)cc1.CCCCCCCC(=O)CCC(C)=O.CCN1CCN(C/C=C/c2ccc(N(C)C)cc2)CC1.COC(=O)CCC(=O)Cc1ccc(C)cc1.OC12CCCCC1C(c1cccc(Cl)c1)NCC2. The van der Waals surface area contributed by atoms with Crippen molar-refractivity contribution in [3.63, 3.8) is 0 Å². The molecular formula is C115H137ClN8O14. The minimum atomic E-state index is -0.462. The zero-order valence-corrected chi connectivity index (χ0v) is 82.8. The number of rotatable bonds is 34. The average molecular weight is 1890 g/mol. The number of esters is 1. The highest BCUT2D eigenvalue weighted by Crippen LogP contribution is 2.46. The number of anilines is 2. The maximum atomic E-state index is 12.9. The minimum Gasteiger partial charge on any atom is -0.496 e. The Balaban J connectivity index is 0.000000199. The van der Waals surface area contributed by atoms with Gasteiger partial charge in [0.25, 0.3) is 11.1 Å². The first-order valence-corrected chi connectivity index (χ1v) is 48.1. The number of carbonyl (C=O) groups is 8. The fraction of sp³-hybridized carbons (Fsp3) is 0.348. The lowest BCUT2D eigenvalue weighted by molar-refractivity contribution is -0.142. The van der Waals surface area contributed by atoms with E-state index in [2.05, 4.69) is 123 Å². The van der Waals surface area contributed by atoms with Gasteiger partial charge < -0.3 is 54.0 Å². The summed E-state index contributed by atoms with van der Waals surface area (Å²) < 4.78 is 16.8. The number of likely N-dealkylation sites (N-methyl/N-ethyl adjacent to an activating group) is 1. The monoisotopic (exact) mass is 1890 g/mol. The standard InChI is InChI=1S/C20H18N2O3.C20H18O2.C18H16N2O3.C17H27N3.C15H20ClNO.C13H16O3.C12H22O2/c1-13-11-15(9-10-18(13)25-3)12-17-19(23)21-14(2)22(20(17)24)16-7-5-4-6-8-16;1-16(21)7-14-20(22)15-19-12-10-18(11-13-19)9-8-17-5-3-2-4-6-17;1-12(21)6-11-17(22)19-14-9-7-13(8-10-14)18-20-15-4-2-3-5-16(15)23-18;1-4-19-12-14-20(15-13-19)11-5-6-16-7-9-17(10-8-16)18(2)3;16-12-5-3-4-11(10-12)14-13-6-1-2-7-15(13,18)8-9-17-14;1-10-3-5-11(6-4-10)9-12(14)7-8-13(15)16-2;1-3-4-5-6-7-8-12(14)10-9-11(2)13/h4-12H,2H2,1,3H3,(H,21,23);2-14H,15H2,1H3;2-5,7-10H,6,11H2,1H3,(H,19,22);5-10H,4,11-15H2,1-3H3;3-5,10,13-14,17-18H,1-2,6-9H2;3-6H,7-9H2,1-2H3;3-10H2,1-2H3/b17-12+;9-8+,14-7+;;6-5+;;;. The number of H-pyrrole nitrogens is 1. The molecule has 3 atom stereocenters. The molecule has 2 aliphatic heterocycles. The Morgan fingerprint density at radius 1 is 0.616 bits per heavy atom. The van der Waals surface area contributed by atoms with Crippen molar-refractivity contribution in [2.75, 3.05) is 84.3 Å². The van der Waals surface area contributed by atoms with E-state index in [0.717, 1.165) is 112 Å². The molecule has 728 valence electrons. The van der Waals surface area contributed by atoms with Crippen LogP contribution in [0.25, 0.3) is 59.1 Å². The van der Waals surface area contributed by atoms with Gasteiger partial charge in [0, 0.05) is 132 Å². The molecule has 22 nitrogen and oxygen atoms in total. The molecular weight excluding hydrogens is 1750 g/mol. The largest absolute Gasteiger partial charge is 0.496 e. The van der Waals surface area contributed by atoms with Crippen molar-refractivity contribution in [3.8, 4) is 22.9 Å². The number of aryl methyl sites for hydroxylation is 2. The van der Waals surface area contributed by atoms with Gasteiger partial charge in [0.2, 0.25) is 11.8 Å². The number of hydrogen-bond donors (Lipinski definition) is 4. The van der Waals surface area contributed by atoms with Crippen LogP contribution in [0.5, 0.6) is 5.75 Å². The quantitative estimate of drug-likeness (QED) is 0.0126. The van der Waals surface area contributed by atoms with Gasteiger partial charge >= 0.3 is 5.97 Å². The summed E-state index contributed by atoms with van der Waals surface area (Å²) in [4.78, 5) is 129. The molecule has 1 saturated carbocycles. The molecule has 0 spiro atoms. The van der Waals surface area contributed by atoms with Crippen LogP contribution < -0.4 is 42.1 Å². The number of para-hydroxylation sites is 3. The predicted octanol–water partition coefficient (Wildman–Crippen LogP) is 20.0. The second-order valence-corrected chi connectivity index (χ2v) is 35.5. The molecule has 4 heterocycles. The van der Waals surface area contributed by atoms with E-state index in [4.69, 9.17) is 20.8 Å². The second kappa shape index (κ2) is 59.0. The Hall–Kier alpha value is -13.2. The van der Waals surface area contributed by atoms with Crippen molar-refractivity contribution in [1.82, 2.24) is 29.7 Å². The summed E-state index contributed by atoms with van der Waals surface area (Å²) in [6.45, 7) is 24.5. The van der Waals surface area contributed by atoms with Gasteiger partial charge in [-0.3, -0.25) is 47.8 Å². The topological polar surface area (TPSA) is 290 Å². The summed E-state index contributed by atoms with van der Waals surface area (Å²) in [6, 6.07) is 72.1. The molecule has 1 amide bonds. The van der Waals surface area contributed by atoms with E-state index in [1.54, 1.807) is 49.6 Å². The number of fused-ring (bicyclic) bond motifs is 2. The number of nitrogens with zero attached hydrogens (tertiary/aromatic N) is 5. The maximum absolute atomic E-state index is 12.9. The number of piperidine rings is 1. The number of Topliss-reactive ketones (excluding diaryl/α,β-unsaturated/α-hetero) is 4. The number of benzene rings is 9. The first-order valence-electron chi connectivity index (χ1n) is 47.7. The Morgan fingerprint density at radius 3 is 1.86 bits per heavy atom. The van der Waals surface area contributed by atoms with Crippen LogP contribution in [0, 0.1) is 19.8 Å². The molecule has 0 radical (unpaired) electrons. The van der Waals surface area contributed by atoms with Gasteiger partial charge in [-0.05, 0) is 221 Å². The van der Waals surface area contributed by atoms with Crippen LogP contribution in [0.2, 0.25) is 5.02 Å². The minimum absolute atomic E-state index is 0.00598. The number of unbranched alkanes of at least 4 members (excludes halogenated alkanes) is 4. The first-order chi connectivity index (χ1) is 66.4. The number of ketones is 6. The third-order valence-electron chi connectivity index (χ3n) is 23.8. The van der Waals surface area contributed by atoms with Gasteiger partial charge in [-0.25, -0.2) is 4.98 Å². The number of halogens is 1. The van der Waals surface area contributed by atoms with Gasteiger partial charge in [-0.2, -0.15) is 0 Å². The van der Waals surface area contributed by atoms with E-state index in [9.17, 15) is 53.1 Å². The van der Waals surface area contributed by atoms with Crippen LogP contribution in [0.3, 0.4) is 0 Å². The zero-order chi connectivity index (χ0) is 99.7. The lowest BCUT2D eigenvalue weighted by Crippen LogP contribution is -2.53. The normalized spacial score (nSPS) is 15.1. The van der Waals surface area contributed by atoms with Crippen LogP contribution in [0.15, 0.2) is 257 Å². The number of nitrogens with one attached hydrogen (secondary N) is 3.